The fourth-order valence-electron chi connectivity index (χ4n) is 2.58. The lowest BCUT2D eigenvalue weighted by Crippen LogP contribution is -2.07. The molecular weight excluding hydrogens is 368 g/mol. The Balaban J connectivity index is 1.64. The van der Waals surface area contributed by atoms with Gasteiger partial charge in [0.25, 0.3) is 0 Å². The Labute approximate surface area is 154 Å². The van der Waals surface area contributed by atoms with Crippen LogP contribution in [0.25, 0.3) is 21.7 Å². The highest BCUT2D eigenvalue weighted by atomic mass is 32.2. The van der Waals surface area contributed by atoms with Crippen molar-refractivity contribution in [3.8, 4) is 21.7 Å². The molecule has 0 atom stereocenters. The van der Waals surface area contributed by atoms with Gasteiger partial charge in [-0.25, -0.2) is 8.42 Å². The first-order chi connectivity index (χ1) is 12.6. The molecule has 1 N–H and O–H groups in total. The van der Waals surface area contributed by atoms with Crippen molar-refractivity contribution >= 4 is 21.2 Å². The molecule has 8 heteroatoms. The highest BCUT2D eigenvalue weighted by Crippen LogP contribution is 2.29. The molecule has 26 heavy (non-hydrogen) atoms. The zero-order valence-corrected chi connectivity index (χ0v) is 15.2. The van der Waals surface area contributed by atoms with Crippen LogP contribution in [0.1, 0.15) is 5.01 Å². The van der Waals surface area contributed by atoms with Crippen LogP contribution >= 0.6 is 11.3 Å². The second-order valence-corrected chi connectivity index (χ2v) is 8.59. The smallest absolute Gasteiger partial charge is 0.202 e. The number of sulfone groups is 1. The number of benzene rings is 2. The van der Waals surface area contributed by atoms with Crippen molar-refractivity contribution in [3.05, 3.63) is 71.9 Å². The topological polar surface area (TPSA) is 88.6 Å². The van der Waals surface area contributed by atoms with Gasteiger partial charge >= 0.3 is 0 Å². The first-order valence-electron chi connectivity index (χ1n) is 7.83. The Bertz CT molecular complexity index is 1120. The van der Waals surface area contributed by atoms with Gasteiger partial charge in [-0.3, -0.25) is 5.10 Å². The SMILES string of the molecule is O=S(=O)(Cc1nnc(-c2ccccc2)s1)c1[nH]ncc1-c1ccccc1. The molecule has 2 aromatic carbocycles. The number of aromatic amines is 1. The summed E-state index contributed by atoms with van der Waals surface area (Å²) in [6.07, 6.45) is 1.53. The summed E-state index contributed by atoms with van der Waals surface area (Å²) in [4.78, 5) is 0. The molecule has 0 spiro atoms. The molecule has 6 nitrogen and oxygen atoms in total. The Morgan fingerprint density at radius 3 is 2.23 bits per heavy atom. The zero-order chi connectivity index (χ0) is 18.0. The lowest BCUT2D eigenvalue weighted by atomic mass is 10.1. The van der Waals surface area contributed by atoms with Gasteiger partial charge in [-0.1, -0.05) is 72.0 Å². The fourth-order valence-corrected chi connectivity index (χ4v) is 5.14. The van der Waals surface area contributed by atoms with Gasteiger partial charge in [0.15, 0.2) is 5.03 Å². The lowest BCUT2D eigenvalue weighted by Gasteiger charge is -2.03. The monoisotopic (exact) mass is 382 g/mol. The maximum absolute atomic E-state index is 12.9. The molecule has 2 aromatic heterocycles. The average molecular weight is 382 g/mol. The van der Waals surface area contributed by atoms with Crippen molar-refractivity contribution in [1.82, 2.24) is 20.4 Å². The van der Waals surface area contributed by atoms with Gasteiger partial charge in [-0.2, -0.15) is 5.10 Å². The molecule has 0 fully saturated rings. The molecule has 0 bridgehead atoms. The van der Waals surface area contributed by atoms with Crippen molar-refractivity contribution in [2.75, 3.05) is 0 Å². The lowest BCUT2D eigenvalue weighted by molar-refractivity contribution is 0.591. The predicted octanol–water partition coefficient (Wildman–Crippen LogP) is 3.57. The van der Waals surface area contributed by atoms with E-state index in [1.807, 2.05) is 60.7 Å². The number of nitrogens with zero attached hydrogens (tertiary/aromatic N) is 3. The van der Waals surface area contributed by atoms with E-state index >= 15 is 0 Å². The minimum Gasteiger partial charge on any atom is -0.267 e. The summed E-state index contributed by atoms with van der Waals surface area (Å²) in [5.41, 5.74) is 2.26. The Kier molecular flexibility index (Phi) is 4.36. The third kappa shape index (κ3) is 3.29. The van der Waals surface area contributed by atoms with E-state index in [-0.39, 0.29) is 10.8 Å². The molecular formula is C18H14N4O2S2. The number of rotatable bonds is 5. The second-order valence-electron chi connectivity index (χ2n) is 5.60. The van der Waals surface area contributed by atoms with E-state index in [1.165, 1.54) is 17.5 Å². The standard InChI is InChI=1S/C18H14N4O2S2/c23-26(24,18-15(11-19-22-18)13-7-3-1-4-8-13)12-16-20-21-17(25-16)14-9-5-2-6-10-14/h1-11H,12H2,(H,19,22). The van der Waals surface area contributed by atoms with Crippen molar-refractivity contribution in [1.29, 1.82) is 0 Å². The normalized spacial score (nSPS) is 11.5. The molecule has 0 saturated carbocycles. The van der Waals surface area contributed by atoms with Gasteiger partial charge in [-0.15, -0.1) is 10.2 Å². The van der Waals surface area contributed by atoms with Crippen molar-refractivity contribution in [3.63, 3.8) is 0 Å². The number of H-pyrrole nitrogens is 1. The minimum absolute atomic E-state index is 0.0974. The van der Waals surface area contributed by atoms with Gasteiger partial charge in [0.2, 0.25) is 9.84 Å². The van der Waals surface area contributed by atoms with Crippen LogP contribution in [0.5, 0.6) is 0 Å². The number of nitrogens with one attached hydrogen (secondary N) is 1. The minimum atomic E-state index is -3.63. The Morgan fingerprint density at radius 2 is 1.54 bits per heavy atom. The molecule has 0 aliphatic heterocycles. The third-order valence-electron chi connectivity index (χ3n) is 3.80. The summed E-state index contributed by atoms with van der Waals surface area (Å²) in [5.74, 6) is -0.223. The molecule has 0 amide bonds. The van der Waals surface area contributed by atoms with Crippen LogP contribution in [-0.2, 0) is 15.6 Å². The first-order valence-corrected chi connectivity index (χ1v) is 10.3. The third-order valence-corrected chi connectivity index (χ3v) is 6.54. The van der Waals surface area contributed by atoms with Crippen molar-refractivity contribution in [2.45, 2.75) is 10.8 Å². The Morgan fingerprint density at radius 1 is 0.885 bits per heavy atom. The van der Waals surface area contributed by atoms with Gasteiger partial charge in [-0.05, 0) is 5.56 Å². The van der Waals surface area contributed by atoms with Crippen LogP contribution in [0.4, 0.5) is 0 Å². The molecule has 0 saturated heterocycles. The van der Waals surface area contributed by atoms with Crippen LogP contribution in [-0.4, -0.2) is 28.8 Å². The molecule has 0 unspecified atom stereocenters. The number of aromatic nitrogens is 4. The first kappa shape index (κ1) is 16.6. The van der Waals surface area contributed by atoms with Gasteiger partial charge in [0.1, 0.15) is 15.8 Å². The summed E-state index contributed by atoms with van der Waals surface area (Å²) in [5, 5.41) is 15.9. The van der Waals surface area contributed by atoms with E-state index < -0.39 is 9.84 Å². The van der Waals surface area contributed by atoms with Crippen LogP contribution in [0, 0.1) is 0 Å². The van der Waals surface area contributed by atoms with Crippen LogP contribution < -0.4 is 0 Å². The van der Waals surface area contributed by atoms with E-state index in [4.69, 9.17) is 0 Å². The van der Waals surface area contributed by atoms with E-state index in [9.17, 15) is 8.42 Å². The van der Waals surface area contributed by atoms with E-state index in [0.29, 0.717) is 15.6 Å². The summed E-state index contributed by atoms with van der Waals surface area (Å²) < 4.78 is 25.7. The van der Waals surface area contributed by atoms with Crippen molar-refractivity contribution in [2.24, 2.45) is 0 Å². The fraction of sp³-hybridized carbons (Fsp3) is 0.0556. The van der Waals surface area contributed by atoms with E-state index in [1.54, 1.807) is 0 Å². The number of hydrogen-bond donors (Lipinski definition) is 1. The maximum Gasteiger partial charge on any atom is 0.202 e. The molecule has 4 rings (SSSR count). The number of hydrogen-bond acceptors (Lipinski definition) is 6. The van der Waals surface area contributed by atoms with Crippen molar-refractivity contribution < 1.29 is 8.42 Å². The van der Waals surface area contributed by atoms with Crippen LogP contribution in [0.2, 0.25) is 0 Å². The zero-order valence-electron chi connectivity index (χ0n) is 13.5. The molecule has 4 aromatic rings. The summed E-state index contributed by atoms with van der Waals surface area (Å²) in [6, 6.07) is 18.9. The highest BCUT2D eigenvalue weighted by molar-refractivity contribution is 7.90. The molecule has 0 radical (unpaired) electrons. The summed E-state index contributed by atoms with van der Waals surface area (Å²) in [7, 11) is -3.63. The van der Waals surface area contributed by atoms with Gasteiger partial charge < -0.3 is 0 Å². The predicted molar refractivity (Wildman–Crippen MR) is 100 cm³/mol. The average Bonchev–Trinajstić information content (AvgIpc) is 3.33. The Hall–Kier alpha value is -2.84. The largest absolute Gasteiger partial charge is 0.267 e. The van der Waals surface area contributed by atoms with Crippen LogP contribution in [0.15, 0.2) is 71.9 Å². The maximum atomic E-state index is 12.9. The quantitative estimate of drug-likeness (QED) is 0.570. The summed E-state index contributed by atoms with van der Waals surface area (Å²) >= 11 is 1.28. The highest BCUT2D eigenvalue weighted by Gasteiger charge is 2.24. The molecule has 2 heterocycles. The molecule has 130 valence electrons. The van der Waals surface area contributed by atoms with Crippen LogP contribution in [0.3, 0.4) is 0 Å². The van der Waals surface area contributed by atoms with Gasteiger partial charge in [0, 0.05) is 11.1 Å². The molecule has 0 aliphatic rings. The van der Waals surface area contributed by atoms with E-state index in [0.717, 1.165) is 11.1 Å². The second kappa shape index (κ2) is 6.81. The summed E-state index contributed by atoms with van der Waals surface area (Å²) in [6.45, 7) is 0. The van der Waals surface area contributed by atoms with Gasteiger partial charge in [0.05, 0.1) is 6.20 Å². The van der Waals surface area contributed by atoms with E-state index in [2.05, 4.69) is 20.4 Å². The molecule has 0 aliphatic carbocycles.